The normalized spacial score (nSPS) is 29.4. The highest BCUT2D eigenvalue weighted by Gasteiger charge is 2.38. The highest BCUT2D eigenvalue weighted by molar-refractivity contribution is 5.18. The predicted octanol–water partition coefficient (Wildman–Crippen LogP) is 0.952. The van der Waals surface area contributed by atoms with Crippen molar-refractivity contribution >= 4 is 0 Å². The van der Waals surface area contributed by atoms with Crippen molar-refractivity contribution in [2.45, 2.75) is 18.6 Å². The number of hydrogen-bond donors (Lipinski definition) is 1. The molecule has 0 bridgehead atoms. The van der Waals surface area contributed by atoms with Crippen LogP contribution in [0.1, 0.15) is 18.4 Å². The monoisotopic (exact) mass is 178 g/mol. The summed E-state index contributed by atoms with van der Waals surface area (Å²) in [5.41, 5.74) is 0.115. The molecule has 1 aromatic heterocycles. The number of pyridine rings is 1. The molecular weight excluding hydrogens is 164 g/mol. The first-order valence-electron chi connectivity index (χ1n) is 4.57. The summed E-state index contributed by atoms with van der Waals surface area (Å²) >= 11 is 0. The zero-order chi connectivity index (χ0) is 9.31. The lowest BCUT2D eigenvalue weighted by molar-refractivity contribution is -0.0738. The Bertz CT molecular complexity index is 288. The van der Waals surface area contributed by atoms with Crippen LogP contribution in [0.2, 0.25) is 0 Å². The minimum atomic E-state index is -0.783. The van der Waals surface area contributed by atoms with E-state index in [1.165, 1.54) is 0 Å². The molecule has 13 heavy (non-hydrogen) atoms. The number of likely N-dealkylation sites (tertiary alicyclic amines) is 1. The van der Waals surface area contributed by atoms with Crippen LogP contribution in [-0.4, -0.2) is 28.6 Å². The van der Waals surface area contributed by atoms with Gasteiger partial charge in [0, 0.05) is 24.5 Å². The van der Waals surface area contributed by atoms with Gasteiger partial charge in [-0.05, 0) is 26.0 Å². The van der Waals surface area contributed by atoms with Crippen molar-refractivity contribution in [3.05, 3.63) is 30.1 Å². The second-order valence-corrected chi connectivity index (χ2v) is 3.58. The second-order valence-electron chi connectivity index (χ2n) is 3.58. The Morgan fingerprint density at radius 3 is 3.00 bits per heavy atom. The van der Waals surface area contributed by atoms with Crippen LogP contribution >= 0.6 is 0 Å². The summed E-state index contributed by atoms with van der Waals surface area (Å²) in [5, 5.41) is 10.3. The number of hydrogen-bond acceptors (Lipinski definition) is 3. The lowest BCUT2D eigenvalue weighted by Crippen LogP contribution is -2.38. The fourth-order valence-corrected chi connectivity index (χ4v) is 1.90. The van der Waals surface area contributed by atoms with Crippen LogP contribution in [0.15, 0.2) is 24.5 Å². The first-order valence-corrected chi connectivity index (χ1v) is 4.57. The summed E-state index contributed by atoms with van der Waals surface area (Å²) in [6.45, 7) is 0.950. The van der Waals surface area contributed by atoms with E-state index in [9.17, 15) is 5.11 Å². The molecule has 0 saturated carbocycles. The zero-order valence-corrected chi connectivity index (χ0v) is 7.77. The summed E-state index contributed by atoms with van der Waals surface area (Å²) in [4.78, 5) is 6.00. The minimum Gasteiger partial charge on any atom is -0.371 e. The number of rotatable bonds is 1. The van der Waals surface area contributed by atoms with Gasteiger partial charge in [-0.3, -0.25) is 9.88 Å². The molecular formula is C10H14N2O. The Morgan fingerprint density at radius 2 is 2.46 bits per heavy atom. The Morgan fingerprint density at radius 1 is 1.62 bits per heavy atom. The molecule has 0 spiro atoms. The van der Waals surface area contributed by atoms with E-state index in [0.717, 1.165) is 24.9 Å². The van der Waals surface area contributed by atoms with Crippen LogP contribution in [-0.2, 0) is 5.72 Å². The third kappa shape index (κ3) is 1.34. The van der Waals surface area contributed by atoms with Gasteiger partial charge in [0.05, 0.1) is 0 Å². The quantitative estimate of drug-likeness (QED) is 0.695. The van der Waals surface area contributed by atoms with Gasteiger partial charge >= 0.3 is 0 Å². The van der Waals surface area contributed by atoms with Crippen LogP contribution in [0, 0.1) is 0 Å². The molecule has 2 rings (SSSR count). The van der Waals surface area contributed by atoms with E-state index in [1.54, 1.807) is 12.4 Å². The van der Waals surface area contributed by atoms with E-state index in [4.69, 9.17) is 0 Å². The molecule has 70 valence electrons. The van der Waals surface area contributed by atoms with Gasteiger partial charge < -0.3 is 5.11 Å². The second kappa shape index (κ2) is 3.09. The van der Waals surface area contributed by atoms with Crippen molar-refractivity contribution in [1.82, 2.24) is 9.88 Å². The fourth-order valence-electron chi connectivity index (χ4n) is 1.90. The van der Waals surface area contributed by atoms with E-state index >= 15 is 0 Å². The smallest absolute Gasteiger partial charge is 0.145 e. The molecule has 1 aromatic rings. The molecule has 2 heterocycles. The van der Waals surface area contributed by atoms with Crippen LogP contribution in [0.5, 0.6) is 0 Å². The standard InChI is InChI=1S/C10H14N2O/c1-12-7-3-5-10(12,13)9-4-2-6-11-8-9/h2,4,6,8,13H,3,5,7H2,1H3/t10-/m0/s1. The summed E-state index contributed by atoms with van der Waals surface area (Å²) in [6.07, 6.45) is 5.31. The maximum Gasteiger partial charge on any atom is 0.145 e. The van der Waals surface area contributed by atoms with Crippen LogP contribution < -0.4 is 0 Å². The largest absolute Gasteiger partial charge is 0.371 e. The fraction of sp³-hybridized carbons (Fsp3) is 0.500. The molecule has 0 unspecified atom stereocenters. The first-order chi connectivity index (χ1) is 6.23. The minimum absolute atomic E-state index is 0.783. The van der Waals surface area contributed by atoms with Crippen LogP contribution in [0.3, 0.4) is 0 Å². The Labute approximate surface area is 78.0 Å². The summed E-state index contributed by atoms with van der Waals surface area (Å²) in [7, 11) is 1.94. The summed E-state index contributed by atoms with van der Waals surface area (Å²) in [6, 6.07) is 3.79. The predicted molar refractivity (Wildman–Crippen MR) is 50.0 cm³/mol. The SMILES string of the molecule is CN1CCC[C@]1(O)c1cccnc1. The van der Waals surface area contributed by atoms with E-state index in [-0.39, 0.29) is 0 Å². The molecule has 0 radical (unpaired) electrons. The van der Waals surface area contributed by atoms with Gasteiger partial charge in [-0.15, -0.1) is 0 Å². The zero-order valence-electron chi connectivity index (χ0n) is 7.77. The third-order valence-corrected chi connectivity index (χ3v) is 2.77. The molecule has 1 atom stereocenters. The number of nitrogens with zero attached hydrogens (tertiary/aromatic N) is 2. The molecule has 0 aliphatic carbocycles. The molecule has 1 N–H and O–H groups in total. The van der Waals surface area contributed by atoms with Crippen molar-refractivity contribution in [2.24, 2.45) is 0 Å². The molecule has 1 aliphatic rings. The molecule has 3 heteroatoms. The van der Waals surface area contributed by atoms with Crippen molar-refractivity contribution in [2.75, 3.05) is 13.6 Å². The van der Waals surface area contributed by atoms with Gasteiger partial charge in [0.2, 0.25) is 0 Å². The molecule has 0 aromatic carbocycles. The number of aliphatic hydroxyl groups is 1. The van der Waals surface area contributed by atoms with Gasteiger partial charge in [-0.2, -0.15) is 0 Å². The molecule has 1 aliphatic heterocycles. The first kappa shape index (κ1) is 8.66. The van der Waals surface area contributed by atoms with Crippen molar-refractivity contribution in [3.8, 4) is 0 Å². The lowest BCUT2D eigenvalue weighted by atomic mass is 10.0. The topological polar surface area (TPSA) is 36.4 Å². The Balaban J connectivity index is 2.34. The van der Waals surface area contributed by atoms with Crippen molar-refractivity contribution in [3.63, 3.8) is 0 Å². The maximum atomic E-state index is 10.3. The molecule has 0 amide bonds. The molecule has 3 nitrogen and oxygen atoms in total. The van der Waals surface area contributed by atoms with E-state index in [2.05, 4.69) is 4.98 Å². The average Bonchev–Trinajstić information content (AvgIpc) is 2.50. The maximum absolute atomic E-state index is 10.3. The average molecular weight is 178 g/mol. The van der Waals surface area contributed by atoms with Gasteiger partial charge in [0.25, 0.3) is 0 Å². The van der Waals surface area contributed by atoms with Crippen LogP contribution in [0.4, 0.5) is 0 Å². The van der Waals surface area contributed by atoms with Gasteiger partial charge in [0.15, 0.2) is 0 Å². The molecule has 1 saturated heterocycles. The van der Waals surface area contributed by atoms with Gasteiger partial charge in [-0.25, -0.2) is 0 Å². The Hall–Kier alpha value is -0.930. The van der Waals surface area contributed by atoms with E-state index in [1.807, 2.05) is 24.1 Å². The summed E-state index contributed by atoms with van der Waals surface area (Å²) in [5.74, 6) is 0. The van der Waals surface area contributed by atoms with Crippen molar-refractivity contribution < 1.29 is 5.11 Å². The molecule has 1 fully saturated rings. The highest BCUT2D eigenvalue weighted by Crippen LogP contribution is 2.34. The highest BCUT2D eigenvalue weighted by atomic mass is 16.3. The van der Waals surface area contributed by atoms with Crippen molar-refractivity contribution in [1.29, 1.82) is 0 Å². The third-order valence-electron chi connectivity index (χ3n) is 2.77. The van der Waals surface area contributed by atoms with E-state index < -0.39 is 5.72 Å². The van der Waals surface area contributed by atoms with Crippen LogP contribution in [0.25, 0.3) is 0 Å². The van der Waals surface area contributed by atoms with Gasteiger partial charge in [-0.1, -0.05) is 6.07 Å². The number of aromatic nitrogens is 1. The lowest BCUT2D eigenvalue weighted by Gasteiger charge is -2.30. The van der Waals surface area contributed by atoms with Gasteiger partial charge in [0.1, 0.15) is 5.72 Å². The summed E-state index contributed by atoms with van der Waals surface area (Å²) < 4.78 is 0. The Kier molecular flexibility index (Phi) is 2.06. The van der Waals surface area contributed by atoms with E-state index in [0.29, 0.717) is 0 Å².